The average molecular weight is 895 g/mol. The molecule has 2 N–H and O–H groups in total. The summed E-state index contributed by atoms with van der Waals surface area (Å²) < 4.78 is 72.0. The van der Waals surface area contributed by atoms with Crippen molar-refractivity contribution in [3.05, 3.63) is 188 Å². The molecule has 4 heterocycles. The van der Waals surface area contributed by atoms with E-state index in [2.05, 4.69) is 26.7 Å². The van der Waals surface area contributed by atoms with Crippen LogP contribution in [0, 0.1) is 0 Å². The van der Waals surface area contributed by atoms with Crippen molar-refractivity contribution in [1.29, 1.82) is 0 Å². The zero-order valence-corrected chi connectivity index (χ0v) is 37.4. The minimum atomic E-state index is -3.67. The summed E-state index contributed by atoms with van der Waals surface area (Å²) in [5.74, 6) is 2.92. The van der Waals surface area contributed by atoms with Crippen LogP contribution < -0.4 is 9.44 Å². The Morgan fingerprint density at radius 2 is 1.07 bits per heavy atom. The van der Waals surface area contributed by atoms with Crippen molar-refractivity contribution < 1.29 is 21.0 Å². The molecule has 3 atom stereocenters. The van der Waals surface area contributed by atoms with Gasteiger partial charge < -0.3 is 0 Å². The number of nitrogens with one attached hydrogen (secondary N) is 2. The second-order valence-electron chi connectivity index (χ2n) is 14.9. The van der Waals surface area contributed by atoms with Crippen LogP contribution in [0.25, 0.3) is 12.2 Å². The van der Waals surface area contributed by atoms with Gasteiger partial charge in [-0.3, -0.25) is 13.6 Å². The number of hydrogen-bond acceptors (Lipinski definition) is 8. The molecule has 318 valence electrons. The quantitative estimate of drug-likeness (QED) is 0.113. The topological polar surface area (TPSA) is 145 Å². The number of nitrogens with zero attached hydrogens (tertiary/aromatic N) is 4. The van der Waals surface area contributed by atoms with Crippen molar-refractivity contribution in [3.63, 3.8) is 0 Å². The summed E-state index contributed by atoms with van der Waals surface area (Å²) >= 11 is 1.86. The third-order valence-corrected chi connectivity index (χ3v) is 15.0. The first-order chi connectivity index (χ1) is 29.4. The summed E-state index contributed by atoms with van der Waals surface area (Å²) in [5, 5.41) is 11.8. The first-order valence-corrected chi connectivity index (χ1v) is 25.8. The monoisotopic (exact) mass is 894 g/mol. The lowest BCUT2D eigenvalue weighted by atomic mass is 10.1. The van der Waals surface area contributed by atoms with Gasteiger partial charge in [-0.1, -0.05) is 121 Å². The predicted octanol–water partition coefficient (Wildman–Crippen LogP) is 7.76. The van der Waals surface area contributed by atoms with Crippen molar-refractivity contribution in [3.8, 4) is 0 Å². The third-order valence-electron chi connectivity index (χ3n) is 10.4. The van der Waals surface area contributed by atoms with E-state index in [0.29, 0.717) is 36.7 Å². The van der Waals surface area contributed by atoms with Crippen LogP contribution in [0.5, 0.6) is 0 Å². The van der Waals surface area contributed by atoms with Gasteiger partial charge in [0, 0.05) is 74.1 Å². The van der Waals surface area contributed by atoms with Gasteiger partial charge in [0.1, 0.15) is 0 Å². The summed E-state index contributed by atoms with van der Waals surface area (Å²) in [4.78, 5) is 0. The van der Waals surface area contributed by atoms with Crippen LogP contribution in [-0.2, 0) is 68.3 Å². The normalized spacial score (nSPS) is 16.4. The molecule has 2 aliphatic rings. The Morgan fingerprint density at radius 1 is 0.639 bits per heavy atom. The molecule has 0 fully saturated rings. The molecule has 1 unspecified atom stereocenters. The zero-order chi connectivity index (χ0) is 42.8. The van der Waals surface area contributed by atoms with E-state index in [0.717, 1.165) is 62.5 Å². The number of benzene rings is 4. The van der Waals surface area contributed by atoms with Crippen molar-refractivity contribution in [1.82, 2.24) is 29.0 Å². The molecule has 2 aromatic heterocycles. The zero-order valence-electron chi connectivity index (χ0n) is 34.1. The highest BCUT2D eigenvalue weighted by Crippen LogP contribution is 2.29. The number of hydrogen-bond donors (Lipinski definition) is 2. The SMILES string of the molecule is C[C@@H](NS(=O)(=O)/C=C/c1nn(Cc2ccccc2)c2c1CS(=O)CC2)c1ccccc1.C[C@@H](NS(=O)(=O)/C=C/c1nn(Cc2ccccc2)c2c1CSCC2)c1ccccc1. The Bertz CT molecular complexity index is 2700. The predicted molar refractivity (Wildman–Crippen MR) is 248 cm³/mol. The Labute approximate surface area is 366 Å². The molecule has 0 bridgehead atoms. The van der Waals surface area contributed by atoms with Crippen molar-refractivity contribution in [2.24, 2.45) is 0 Å². The van der Waals surface area contributed by atoms with Crippen molar-refractivity contribution in [2.45, 2.75) is 63.4 Å². The molecule has 61 heavy (non-hydrogen) atoms. The largest absolute Gasteiger partial charge is 0.264 e. The fraction of sp³-hybridized carbons (Fsp3) is 0.261. The van der Waals surface area contributed by atoms with E-state index in [9.17, 15) is 21.0 Å². The Hall–Kier alpha value is -4.90. The highest BCUT2D eigenvalue weighted by molar-refractivity contribution is 7.98. The maximum Gasteiger partial charge on any atom is 0.234 e. The van der Waals surface area contributed by atoms with Crippen LogP contribution in [0.3, 0.4) is 0 Å². The molecule has 11 nitrogen and oxygen atoms in total. The minimum Gasteiger partial charge on any atom is -0.264 e. The highest BCUT2D eigenvalue weighted by atomic mass is 32.2. The summed E-state index contributed by atoms with van der Waals surface area (Å²) in [7, 11) is -8.22. The second kappa shape index (κ2) is 20.3. The van der Waals surface area contributed by atoms with Crippen LogP contribution in [-0.4, -0.2) is 52.1 Å². The highest BCUT2D eigenvalue weighted by Gasteiger charge is 2.25. The van der Waals surface area contributed by atoms with E-state index in [4.69, 9.17) is 5.10 Å². The van der Waals surface area contributed by atoms with Crippen LogP contribution in [0.15, 0.2) is 132 Å². The van der Waals surface area contributed by atoms with E-state index >= 15 is 0 Å². The van der Waals surface area contributed by atoms with Crippen LogP contribution >= 0.6 is 11.8 Å². The van der Waals surface area contributed by atoms with Gasteiger partial charge in [0.25, 0.3) is 0 Å². The van der Waals surface area contributed by atoms with E-state index in [1.807, 2.05) is 137 Å². The van der Waals surface area contributed by atoms with Gasteiger partial charge in [-0.05, 0) is 60.4 Å². The molecule has 15 heteroatoms. The molecule has 0 spiro atoms. The Balaban J connectivity index is 0.000000184. The first kappa shape index (κ1) is 44.2. The van der Waals surface area contributed by atoms with Crippen molar-refractivity contribution >= 4 is 54.8 Å². The van der Waals surface area contributed by atoms with Crippen LogP contribution in [0.1, 0.15) is 82.1 Å². The molecule has 0 aliphatic carbocycles. The summed E-state index contributed by atoms with van der Waals surface area (Å²) in [6.07, 6.45) is 4.77. The standard InChI is InChI=1S/C23H25N3O3S2.C23H25N3O2S2/c1-18(20-10-6-3-7-11-20)25-31(28,29)15-13-22-21-17-30(27)14-12-23(21)26(24-22)16-19-8-4-2-5-9-19;1-18(20-10-6-3-7-11-20)25-30(27,28)15-13-22-21-17-29-14-12-23(21)26(24-22)16-19-8-4-2-5-9-19/h2-11,13,15,18,25H,12,14,16-17H2,1H3;2-11,13,15,18,25H,12,14,16-17H2,1H3/b2*15-13+/t18-,30?;18-/m11/s1. The van der Waals surface area contributed by atoms with Gasteiger partial charge in [-0.2, -0.15) is 22.0 Å². The van der Waals surface area contributed by atoms with Crippen molar-refractivity contribution in [2.75, 3.05) is 11.5 Å². The fourth-order valence-electron chi connectivity index (χ4n) is 7.31. The van der Waals surface area contributed by atoms with Gasteiger partial charge in [-0.25, -0.2) is 26.3 Å². The van der Waals surface area contributed by atoms with E-state index < -0.39 is 30.8 Å². The molecular formula is C46H50N6O5S4. The van der Waals surface area contributed by atoms with Gasteiger partial charge in [0.2, 0.25) is 20.0 Å². The van der Waals surface area contributed by atoms with Gasteiger partial charge in [0.05, 0.1) is 30.2 Å². The summed E-state index contributed by atoms with van der Waals surface area (Å²) in [6, 6.07) is 38.5. The van der Waals surface area contributed by atoms with E-state index in [1.54, 1.807) is 13.0 Å². The number of sulfonamides is 2. The lowest BCUT2D eigenvalue weighted by molar-refractivity contribution is 0.574. The number of thioether (sulfide) groups is 1. The van der Waals surface area contributed by atoms with Gasteiger partial charge in [0.15, 0.2) is 0 Å². The molecule has 2 aliphatic heterocycles. The number of aromatic nitrogens is 4. The molecule has 0 radical (unpaired) electrons. The van der Waals surface area contributed by atoms with Crippen LogP contribution in [0.2, 0.25) is 0 Å². The fourth-order valence-corrected chi connectivity index (χ4v) is 11.5. The molecule has 0 amide bonds. The summed E-state index contributed by atoms with van der Waals surface area (Å²) in [5.41, 5.74) is 9.68. The third kappa shape index (κ3) is 12.1. The smallest absolute Gasteiger partial charge is 0.234 e. The maximum atomic E-state index is 12.6. The number of rotatable bonds is 14. The average Bonchev–Trinajstić information content (AvgIpc) is 3.79. The Kier molecular flexibility index (Phi) is 14.7. The molecule has 0 saturated carbocycles. The number of fused-ring (bicyclic) bond motifs is 2. The molecular weight excluding hydrogens is 845 g/mol. The first-order valence-electron chi connectivity index (χ1n) is 20.1. The van der Waals surface area contributed by atoms with Gasteiger partial charge in [-0.15, -0.1) is 0 Å². The van der Waals surface area contributed by atoms with Crippen LogP contribution in [0.4, 0.5) is 0 Å². The maximum absolute atomic E-state index is 12.6. The minimum absolute atomic E-state index is 0.305. The second-order valence-corrected chi connectivity index (χ2v) is 20.8. The van der Waals surface area contributed by atoms with E-state index in [-0.39, 0.29) is 12.1 Å². The molecule has 8 rings (SSSR count). The Morgan fingerprint density at radius 3 is 1.54 bits per heavy atom. The van der Waals surface area contributed by atoms with Gasteiger partial charge >= 0.3 is 0 Å². The molecule has 0 saturated heterocycles. The molecule has 6 aromatic rings. The lowest BCUT2D eigenvalue weighted by Gasteiger charge is -2.14. The van der Waals surface area contributed by atoms with E-state index in [1.165, 1.54) is 22.7 Å². The summed E-state index contributed by atoms with van der Waals surface area (Å²) in [6.45, 7) is 4.94. The lowest BCUT2D eigenvalue weighted by Crippen LogP contribution is -2.24. The molecule has 4 aromatic carbocycles.